The van der Waals surface area contributed by atoms with E-state index in [2.05, 4.69) is 15.4 Å². The first kappa shape index (κ1) is 19.9. The largest absolute Gasteiger partial charge is 0.469 e. The van der Waals surface area contributed by atoms with E-state index in [0.29, 0.717) is 11.3 Å². The molecule has 1 aromatic rings. The third-order valence-corrected chi connectivity index (χ3v) is 2.64. The zero-order valence-electron chi connectivity index (χ0n) is 12.3. The van der Waals surface area contributed by atoms with Crippen LogP contribution in [-0.2, 0) is 14.3 Å². The Kier molecular flexibility index (Phi) is 9.56. The minimum Gasteiger partial charge on any atom is -0.469 e. The number of nitrogens with two attached hydrogens (primary N) is 1. The van der Waals surface area contributed by atoms with Crippen molar-refractivity contribution in [2.75, 3.05) is 25.5 Å². The lowest BCUT2D eigenvalue weighted by Crippen LogP contribution is -2.26. The normalized spacial score (nSPS) is 9.36. The average molecular weight is 330 g/mol. The van der Waals surface area contributed by atoms with E-state index < -0.39 is 0 Å². The van der Waals surface area contributed by atoms with Crippen molar-refractivity contribution in [3.63, 3.8) is 0 Å². The molecule has 0 heterocycles. The van der Waals surface area contributed by atoms with E-state index in [1.165, 1.54) is 7.11 Å². The van der Waals surface area contributed by atoms with Crippen LogP contribution in [0.4, 0.5) is 5.69 Å². The number of rotatable bonds is 7. The molecular formula is C14H20ClN3O4. The number of carbonyl (C=O) groups excluding carboxylic acids is 3. The first-order chi connectivity index (χ1) is 10.1. The molecular weight excluding hydrogens is 310 g/mol. The number of anilines is 1. The van der Waals surface area contributed by atoms with Crippen LogP contribution in [0.25, 0.3) is 0 Å². The Hall–Kier alpha value is -2.12. The van der Waals surface area contributed by atoms with E-state index in [1.807, 2.05) is 0 Å². The molecule has 0 fully saturated rings. The summed E-state index contributed by atoms with van der Waals surface area (Å²) in [5, 5.41) is 5.26. The molecule has 0 aromatic heterocycles. The SMILES string of the molecule is COC(=O)CCNC(=O)c1ccc(NC(=O)CCN)cc1.Cl. The lowest BCUT2D eigenvalue weighted by Gasteiger charge is -2.07. The van der Waals surface area contributed by atoms with E-state index in [0.717, 1.165) is 0 Å². The molecule has 7 nitrogen and oxygen atoms in total. The molecule has 0 aliphatic heterocycles. The molecule has 4 N–H and O–H groups in total. The van der Waals surface area contributed by atoms with Gasteiger partial charge in [-0.1, -0.05) is 0 Å². The maximum atomic E-state index is 11.8. The molecule has 22 heavy (non-hydrogen) atoms. The number of hydrogen-bond donors (Lipinski definition) is 3. The Morgan fingerprint density at radius 2 is 1.77 bits per heavy atom. The molecule has 2 amide bonds. The van der Waals surface area contributed by atoms with Gasteiger partial charge in [-0.2, -0.15) is 0 Å². The summed E-state index contributed by atoms with van der Waals surface area (Å²) in [5.74, 6) is -0.847. The van der Waals surface area contributed by atoms with E-state index in [4.69, 9.17) is 5.73 Å². The number of ether oxygens (including phenoxy) is 1. The van der Waals surface area contributed by atoms with E-state index in [-0.39, 0.29) is 56.1 Å². The highest BCUT2D eigenvalue weighted by Crippen LogP contribution is 2.09. The topological polar surface area (TPSA) is 111 Å². The van der Waals surface area contributed by atoms with E-state index in [9.17, 15) is 14.4 Å². The van der Waals surface area contributed by atoms with Crippen molar-refractivity contribution in [2.24, 2.45) is 5.73 Å². The molecule has 0 radical (unpaired) electrons. The number of hydrogen-bond acceptors (Lipinski definition) is 5. The fraction of sp³-hybridized carbons (Fsp3) is 0.357. The second kappa shape index (κ2) is 10.6. The van der Waals surface area contributed by atoms with Gasteiger partial charge in [-0.3, -0.25) is 14.4 Å². The Morgan fingerprint density at radius 3 is 2.32 bits per heavy atom. The van der Waals surface area contributed by atoms with E-state index in [1.54, 1.807) is 24.3 Å². The van der Waals surface area contributed by atoms with Crippen molar-refractivity contribution in [3.8, 4) is 0 Å². The van der Waals surface area contributed by atoms with Gasteiger partial charge in [0.05, 0.1) is 13.5 Å². The van der Waals surface area contributed by atoms with Crippen LogP contribution < -0.4 is 16.4 Å². The third kappa shape index (κ3) is 7.05. The molecule has 1 rings (SSSR count). The maximum Gasteiger partial charge on any atom is 0.307 e. The van der Waals surface area contributed by atoms with Crippen LogP contribution in [0.15, 0.2) is 24.3 Å². The number of benzene rings is 1. The highest BCUT2D eigenvalue weighted by Gasteiger charge is 2.07. The van der Waals surface area contributed by atoms with Crippen molar-refractivity contribution in [3.05, 3.63) is 29.8 Å². The number of methoxy groups -OCH3 is 1. The summed E-state index contributed by atoms with van der Waals surface area (Å²) in [7, 11) is 1.29. The van der Waals surface area contributed by atoms with Gasteiger partial charge in [0.1, 0.15) is 0 Å². The molecule has 0 saturated heterocycles. The molecule has 0 aliphatic rings. The smallest absolute Gasteiger partial charge is 0.307 e. The Balaban J connectivity index is 0.00000441. The predicted octanol–water partition coefficient (Wildman–Crippen LogP) is 0.689. The van der Waals surface area contributed by atoms with Crippen molar-refractivity contribution in [1.29, 1.82) is 0 Å². The lowest BCUT2D eigenvalue weighted by molar-refractivity contribution is -0.140. The predicted molar refractivity (Wildman–Crippen MR) is 85.0 cm³/mol. The molecule has 0 unspecified atom stereocenters. The van der Waals surface area contributed by atoms with Crippen molar-refractivity contribution >= 4 is 35.9 Å². The summed E-state index contributed by atoms with van der Waals surface area (Å²) in [5.41, 5.74) is 6.32. The maximum absolute atomic E-state index is 11.8. The van der Waals surface area contributed by atoms with Gasteiger partial charge in [-0.05, 0) is 24.3 Å². The number of nitrogens with one attached hydrogen (secondary N) is 2. The van der Waals surface area contributed by atoms with Crippen LogP contribution in [0, 0.1) is 0 Å². The monoisotopic (exact) mass is 329 g/mol. The van der Waals surface area contributed by atoms with Crippen LogP contribution in [0.2, 0.25) is 0 Å². The summed E-state index contributed by atoms with van der Waals surface area (Å²) in [6, 6.07) is 6.43. The fourth-order valence-electron chi connectivity index (χ4n) is 1.54. The molecule has 0 bridgehead atoms. The summed E-state index contributed by atoms with van der Waals surface area (Å²) >= 11 is 0. The standard InChI is InChI=1S/C14H19N3O4.ClH/c1-21-13(19)7-9-16-14(20)10-2-4-11(5-3-10)17-12(18)6-8-15;/h2-5H,6-9,15H2,1H3,(H,16,20)(H,17,18);1H. The summed E-state index contributed by atoms with van der Waals surface area (Å²) < 4.78 is 4.47. The molecule has 0 saturated carbocycles. The van der Waals surface area contributed by atoms with Crippen molar-refractivity contribution in [2.45, 2.75) is 12.8 Å². The number of halogens is 1. The van der Waals surface area contributed by atoms with Gasteiger partial charge in [0.15, 0.2) is 0 Å². The summed E-state index contributed by atoms with van der Waals surface area (Å²) in [6.07, 6.45) is 0.366. The van der Waals surface area contributed by atoms with Crippen molar-refractivity contribution < 1.29 is 19.1 Å². The van der Waals surface area contributed by atoms with Crippen LogP contribution in [0.5, 0.6) is 0 Å². The number of carbonyl (C=O) groups is 3. The highest BCUT2D eigenvalue weighted by molar-refractivity contribution is 5.96. The third-order valence-electron chi connectivity index (χ3n) is 2.64. The van der Waals surface area contributed by atoms with Gasteiger partial charge >= 0.3 is 5.97 Å². The van der Waals surface area contributed by atoms with Gasteiger partial charge < -0.3 is 21.1 Å². The average Bonchev–Trinajstić information content (AvgIpc) is 2.47. The minimum absolute atomic E-state index is 0. The van der Waals surface area contributed by atoms with Gasteiger partial charge in [0.25, 0.3) is 5.91 Å². The number of esters is 1. The van der Waals surface area contributed by atoms with Crippen LogP contribution in [0.3, 0.4) is 0 Å². The Bertz CT molecular complexity index is 505. The van der Waals surface area contributed by atoms with Crippen LogP contribution >= 0.6 is 12.4 Å². The first-order valence-electron chi connectivity index (χ1n) is 6.52. The van der Waals surface area contributed by atoms with Gasteiger partial charge in [0, 0.05) is 30.8 Å². The van der Waals surface area contributed by atoms with Crippen LogP contribution in [-0.4, -0.2) is 38.0 Å². The van der Waals surface area contributed by atoms with Crippen LogP contribution in [0.1, 0.15) is 23.2 Å². The first-order valence-corrected chi connectivity index (χ1v) is 6.52. The summed E-state index contributed by atoms with van der Waals surface area (Å²) in [4.78, 5) is 34.0. The Labute approximate surface area is 135 Å². The quantitative estimate of drug-likeness (QED) is 0.637. The Morgan fingerprint density at radius 1 is 1.14 bits per heavy atom. The van der Waals surface area contributed by atoms with E-state index >= 15 is 0 Å². The molecule has 1 aromatic carbocycles. The van der Waals surface area contributed by atoms with Gasteiger partial charge in [0.2, 0.25) is 5.91 Å². The summed E-state index contributed by atoms with van der Waals surface area (Å²) in [6.45, 7) is 0.493. The highest BCUT2D eigenvalue weighted by atomic mass is 35.5. The van der Waals surface area contributed by atoms with Gasteiger partial charge in [-0.25, -0.2) is 0 Å². The lowest BCUT2D eigenvalue weighted by atomic mass is 10.2. The number of amides is 2. The zero-order chi connectivity index (χ0) is 15.7. The zero-order valence-corrected chi connectivity index (χ0v) is 13.1. The molecule has 0 atom stereocenters. The fourth-order valence-corrected chi connectivity index (χ4v) is 1.54. The molecule has 8 heteroatoms. The molecule has 0 spiro atoms. The second-order valence-electron chi connectivity index (χ2n) is 4.25. The van der Waals surface area contributed by atoms with Gasteiger partial charge in [-0.15, -0.1) is 12.4 Å². The second-order valence-corrected chi connectivity index (χ2v) is 4.25. The minimum atomic E-state index is -0.381. The molecule has 0 aliphatic carbocycles. The van der Waals surface area contributed by atoms with Crippen molar-refractivity contribution in [1.82, 2.24) is 5.32 Å². The molecule has 122 valence electrons.